The summed E-state index contributed by atoms with van der Waals surface area (Å²) < 4.78 is 0. The highest BCUT2D eigenvalue weighted by Crippen LogP contribution is 2.17. The molecule has 6 heteroatoms. The topological polar surface area (TPSA) is 110 Å². The standard InChI is InChI=1S/C54H105NO5/c1-3-5-7-9-11-13-15-17-19-21-22-23-24-25-26-27-28-29-30-31-32-34-36-38-40-42-44-46-48-52(58)54(60)55-50(49-56)53(59)51(57)47-45-43-41-39-37-35-33-20-18-16-14-12-10-8-6-4-2/h20,33,39,41,50-53,56-59H,3-19,21-32,34-38,40,42-49H2,1-2H3,(H,55,60)/b33-20+,41-39+. The molecule has 0 aliphatic carbocycles. The van der Waals surface area contributed by atoms with Gasteiger partial charge in [-0.15, -0.1) is 0 Å². The van der Waals surface area contributed by atoms with Crippen LogP contribution in [0.15, 0.2) is 24.3 Å². The average molecular weight is 848 g/mol. The van der Waals surface area contributed by atoms with E-state index in [4.69, 9.17) is 0 Å². The molecule has 0 bridgehead atoms. The second-order valence-corrected chi connectivity index (χ2v) is 18.6. The van der Waals surface area contributed by atoms with E-state index in [2.05, 4.69) is 43.5 Å². The summed E-state index contributed by atoms with van der Waals surface area (Å²) in [5, 5.41) is 43.8. The first kappa shape index (κ1) is 58.8. The lowest BCUT2D eigenvalue weighted by atomic mass is 10.00. The molecule has 0 spiro atoms. The van der Waals surface area contributed by atoms with Gasteiger partial charge in [0.15, 0.2) is 0 Å². The Kier molecular flexibility index (Phi) is 47.8. The maximum absolute atomic E-state index is 12.6. The van der Waals surface area contributed by atoms with Crippen molar-refractivity contribution in [2.75, 3.05) is 6.61 Å². The van der Waals surface area contributed by atoms with Gasteiger partial charge in [0.2, 0.25) is 5.91 Å². The summed E-state index contributed by atoms with van der Waals surface area (Å²) in [7, 11) is 0. The van der Waals surface area contributed by atoms with Crippen LogP contribution < -0.4 is 5.32 Å². The Balaban J connectivity index is 3.62. The zero-order chi connectivity index (χ0) is 43.8. The molecular weight excluding hydrogens is 743 g/mol. The van der Waals surface area contributed by atoms with Crippen LogP contribution in [-0.2, 0) is 4.79 Å². The van der Waals surface area contributed by atoms with Gasteiger partial charge in [0, 0.05) is 0 Å². The third-order valence-corrected chi connectivity index (χ3v) is 12.6. The molecule has 6 nitrogen and oxygen atoms in total. The van der Waals surface area contributed by atoms with Crippen LogP contribution in [0.1, 0.15) is 284 Å². The third-order valence-electron chi connectivity index (χ3n) is 12.6. The zero-order valence-corrected chi connectivity index (χ0v) is 40.2. The first-order valence-electron chi connectivity index (χ1n) is 26.7. The van der Waals surface area contributed by atoms with Crippen LogP contribution in [0, 0.1) is 0 Å². The maximum Gasteiger partial charge on any atom is 0.249 e. The lowest BCUT2D eigenvalue weighted by molar-refractivity contribution is -0.132. The van der Waals surface area contributed by atoms with Gasteiger partial charge in [-0.2, -0.15) is 0 Å². The van der Waals surface area contributed by atoms with Crippen molar-refractivity contribution in [3.63, 3.8) is 0 Å². The first-order chi connectivity index (χ1) is 29.5. The molecule has 4 unspecified atom stereocenters. The van der Waals surface area contributed by atoms with Crippen molar-refractivity contribution >= 4 is 5.91 Å². The number of carbonyl (C=O) groups is 1. The quantitative estimate of drug-likeness (QED) is 0.0309. The second kappa shape index (κ2) is 48.8. The monoisotopic (exact) mass is 848 g/mol. The molecule has 0 heterocycles. The van der Waals surface area contributed by atoms with Gasteiger partial charge in [0.1, 0.15) is 12.2 Å². The number of amides is 1. The molecule has 0 aromatic heterocycles. The maximum atomic E-state index is 12.6. The molecule has 60 heavy (non-hydrogen) atoms. The summed E-state index contributed by atoms with van der Waals surface area (Å²) in [4.78, 5) is 12.6. The van der Waals surface area contributed by atoms with Gasteiger partial charge in [-0.1, -0.05) is 256 Å². The van der Waals surface area contributed by atoms with Crippen molar-refractivity contribution in [2.24, 2.45) is 0 Å². The molecule has 0 aromatic carbocycles. The highest BCUT2D eigenvalue weighted by Gasteiger charge is 2.28. The number of aliphatic hydroxyl groups excluding tert-OH is 4. The van der Waals surface area contributed by atoms with Crippen LogP contribution in [0.25, 0.3) is 0 Å². The van der Waals surface area contributed by atoms with Gasteiger partial charge in [-0.25, -0.2) is 0 Å². The van der Waals surface area contributed by atoms with Gasteiger partial charge >= 0.3 is 0 Å². The van der Waals surface area contributed by atoms with Crippen molar-refractivity contribution < 1.29 is 25.2 Å². The minimum Gasteiger partial charge on any atom is -0.394 e. The number of aliphatic hydroxyl groups is 4. The Morgan fingerprint density at radius 1 is 0.400 bits per heavy atom. The number of hydrogen-bond acceptors (Lipinski definition) is 5. The molecule has 0 aromatic rings. The van der Waals surface area contributed by atoms with Gasteiger partial charge in [-0.05, 0) is 51.4 Å². The van der Waals surface area contributed by atoms with E-state index in [9.17, 15) is 25.2 Å². The Bertz CT molecular complexity index is 909. The van der Waals surface area contributed by atoms with E-state index in [0.717, 1.165) is 38.5 Å². The molecule has 0 rings (SSSR count). The van der Waals surface area contributed by atoms with Crippen molar-refractivity contribution in [3.05, 3.63) is 24.3 Å². The molecule has 5 N–H and O–H groups in total. The number of carbonyl (C=O) groups excluding carboxylic acids is 1. The van der Waals surface area contributed by atoms with Crippen LogP contribution in [0.5, 0.6) is 0 Å². The predicted octanol–water partition coefficient (Wildman–Crippen LogP) is 15.1. The van der Waals surface area contributed by atoms with Crippen LogP contribution >= 0.6 is 0 Å². The lowest BCUT2D eigenvalue weighted by Crippen LogP contribution is -2.53. The van der Waals surface area contributed by atoms with Crippen molar-refractivity contribution in [1.82, 2.24) is 5.32 Å². The first-order valence-corrected chi connectivity index (χ1v) is 26.7. The smallest absolute Gasteiger partial charge is 0.249 e. The van der Waals surface area contributed by atoms with Gasteiger partial charge in [-0.3, -0.25) is 4.79 Å². The van der Waals surface area contributed by atoms with E-state index in [1.165, 1.54) is 212 Å². The molecule has 0 saturated heterocycles. The molecule has 4 atom stereocenters. The fourth-order valence-corrected chi connectivity index (χ4v) is 8.42. The minimum absolute atomic E-state index is 0.364. The average Bonchev–Trinajstić information content (AvgIpc) is 3.25. The summed E-state index contributed by atoms with van der Waals surface area (Å²) in [5.74, 6) is -0.593. The second-order valence-electron chi connectivity index (χ2n) is 18.6. The number of unbranched alkanes of at least 4 members (excludes halogenated alkanes) is 36. The van der Waals surface area contributed by atoms with Crippen LogP contribution in [0.3, 0.4) is 0 Å². The van der Waals surface area contributed by atoms with Gasteiger partial charge in [0.25, 0.3) is 0 Å². The highest BCUT2D eigenvalue weighted by molar-refractivity contribution is 5.80. The highest BCUT2D eigenvalue weighted by atomic mass is 16.3. The molecule has 0 fully saturated rings. The van der Waals surface area contributed by atoms with Gasteiger partial charge in [0.05, 0.1) is 18.8 Å². The summed E-state index contributed by atoms with van der Waals surface area (Å²) in [6, 6.07) is -1.01. The summed E-state index contributed by atoms with van der Waals surface area (Å²) in [5.41, 5.74) is 0. The predicted molar refractivity (Wildman–Crippen MR) is 261 cm³/mol. The van der Waals surface area contributed by atoms with Crippen molar-refractivity contribution in [2.45, 2.75) is 308 Å². The molecule has 0 aliphatic heterocycles. The number of rotatable bonds is 49. The Hall–Kier alpha value is -1.21. The summed E-state index contributed by atoms with van der Waals surface area (Å²) in [6.45, 7) is 4.05. The normalized spacial score (nSPS) is 14.0. The Morgan fingerprint density at radius 2 is 0.700 bits per heavy atom. The fraction of sp³-hybridized carbons (Fsp3) is 0.907. The summed E-state index contributed by atoms with van der Waals surface area (Å²) in [6.07, 6.45) is 58.2. The fourth-order valence-electron chi connectivity index (χ4n) is 8.42. The van der Waals surface area contributed by atoms with E-state index in [1.54, 1.807) is 0 Å². The zero-order valence-electron chi connectivity index (χ0n) is 40.2. The van der Waals surface area contributed by atoms with E-state index in [-0.39, 0.29) is 0 Å². The Labute approximate surface area is 374 Å². The molecule has 0 saturated carbocycles. The molecule has 0 aliphatic rings. The van der Waals surface area contributed by atoms with E-state index < -0.39 is 36.9 Å². The molecule has 356 valence electrons. The molecule has 0 radical (unpaired) electrons. The van der Waals surface area contributed by atoms with Crippen LogP contribution in [-0.4, -0.2) is 57.3 Å². The van der Waals surface area contributed by atoms with Crippen LogP contribution in [0.2, 0.25) is 0 Å². The van der Waals surface area contributed by atoms with E-state index >= 15 is 0 Å². The van der Waals surface area contributed by atoms with Crippen LogP contribution in [0.4, 0.5) is 0 Å². The third kappa shape index (κ3) is 42.1. The number of nitrogens with one attached hydrogen (secondary N) is 1. The molecular formula is C54H105NO5. The lowest BCUT2D eigenvalue weighted by Gasteiger charge is -2.27. The Morgan fingerprint density at radius 3 is 1.05 bits per heavy atom. The van der Waals surface area contributed by atoms with E-state index in [1.807, 2.05) is 0 Å². The largest absolute Gasteiger partial charge is 0.394 e. The SMILES string of the molecule is CCCCCCCCC/C=C/CC/C=C/CCCC(O)C(O)C(CO)NC(=O)C(O)CCCCCCCCCCCCCCCCCCCCCCCCCCCCCC. The minimum atomic E-state index is -1.29. The van der Waals surface area contributed by atoms with Crippen molar-refractivity contribution in [3.8, 4) is 0 Å². The molecule has 1 amide bonds. The van der Waals surface area contributed by atoms with E-state index in [0.29, 0.717) is 19.3 Å². The number of allylic oxidation sites excluding steroid dienone is 4. The number of hydrogen-bond donors (Lipinski definition) is 5. The summed E-state index contributed by atoms with van der Waals surface area (Å²) >= 11 is 0. The van der Waals surface area contributed by atoms with Gasteiger partial charge < -0.3 is 25.7 Å². The van der Waals surface area contributed by atoms with Crippen molar-refractivity contribution in [1.29, 1.82) is 0 Å².